The fraction of sp³-hybridized carbons (Fsp3) is 0.711. The van der Waals surface area contributed by atoms with Crippen LogP contribution < -0.4 is 21.3 Å². The van der Waals surface area contributed by atoms with Crippen LogP contribution in [0.25, 0.3) is 0 Å². The third kappa shape index (κ3) is 11.6. The highest BCUT2D eigenvalue weighted by Gasteiger charge is 2.75. The number of benzene rings is 1. The van der Waals surface area contributed by atoms with Crippen molar-refractivity contribution in [1.82, 2.24) is 36.0 Å². The molecule has 5 aliphatic rings. The summed E-state index contributed by atoms with van der Waals surface area (Å²) in [5.74, 6) is -10.4. The second-order valence-corrected chi connectivity index (χ2v) is 20.4. The first-order valence-electron chi connectivity index (χ1n) is 22.9. The molecule has 67 heavy (non-hydrogen) atoms. The van der Waals surface area contributed by atoms with Gasteiger partial charge in [-0.05, 0) is 80.5 Å². The lowest BCUT2D eigenvalue weighted by atomic mass is 9.64. The molecule has 6 atom stereocenters. The van der Waals surface area contributed by atoms with Gasteiger partial charge in [0.2, 0.25) is 41.4 Å². The van der Waals surface area contributed by atoms with Crippen LogP contribution in [-0.2, 0) is 40.0 Å². The minimum atomic E-state index is -5.42. The number of likely N-dealkylation sites (N-methyl/N-ethyl adjacent to an activating group) is 2. The van der Waals surface area contributed by atoms with E-state index < -0.39 is 127 Å². The van der Waals surface area contributed by atoms with Crippen molar-refractivity contribution in [2.24, 2.45) is 17.3 Å². The Kier molecular flexibility index (Phi) is 15.8. The Morgan fingerprint density at radius 2 is 1.64 bits per heavy atom. The quantitative estimate of drug-likeness (QED) is 0.219. The first-order valence-corrected chi connectivity index (χ1v) is 23.6. The summed E-state index contributed by atoms with van der Waals surface area (Å²) in [6, 6.07) is -2.37. The molecule has 1 spiro atoms. The number of halogens is 8. The first-order chi connectivity index (χ1) is 31.3. The van der Waals surface area contributed by atoms with Gasteiger partial charge in [-0.2, -0.15) is 13.2 Å². The highest BCUT2D eigenvalue weighted by molar-refractivity contribution is 6.33. The van der Waals surface area contributed by atoms with Crippen molar-refractivity contribution in [3.8, 4) is 0 Å². The number of hydrogen-bond acceptors (Lipinski definition) is 7. The monoisotopic (exact) mass is 993 g/mol. The van der Waals surface area contributed by atoms with E-state index in [0.717, 1.165) is 11.3 Å². The molecule has 0 aromatic heterocycles. The number of likely N-dealkylation sites (tertiary alicyclic amines) is 1. The summed E-state index contributed by atoms with van der Waals surface area (Å²) in [6.07, 6.45) is -8.38. The Morgan fingerprint density at radius 3 is 2.22 bits per heavy atom. The van der Waals surface area contributed by atoms with Gasteiger partial charge >= 0.3 is 6.18 Å². The maximum absolute atomic E-state index is 15.0. The third-order valence-electron chi connectivity index (χ3n) is 14.0. The number of hydrogen-bond donors (Lipinski definition) is 4. The molecular weight excluding hydrogens is 935 g/mol. The molecule has 4 N–H and O–H groups in total. The largest absolute Gasteiger partial charge is 0.403 e. The summed E-state index contributed by atoms with van der Waals surface area (Å²) in [5, 5.41) is 11.6. The SMILES string of the molecule is CC(C)C[C@H]1NC(=O)[C@H](N(C)C(=O)[C@@H](CC2CCC2)NC(=O)[C@H]2C[C@H](F)CN2C(=O)C2(C(F)(F)F)CC(F)(F)C2)CCCCNC(=O)C2(CC2)NC(=O)[C@@H](Cc2cc(Cl)ccc2Cl)N(C)C1=O. The Balaban J connectivity index is 1.27. The summed E-state index contributed by atoms with van der Waals surface area (Å²) in [4.78, 5) is 101. The van der Waals surface area contributed by atoms with Crippen molar-refractivity contribution in [3.63, 3.8) is 0 Å². The fourth-order valence-corrected chi connectivity index (χ4v) is 10.0. The van der Waals surface area contributed by atoms with Crippen LogP contribution in [0.4, 0.5) is 26.3 Å². The molecule has 372 valence electrons. The standard InChI is InChI=1S/C45H59Cl2F6N7O7/c1-24(2)16-30-38(64)59(4)33(19-26-18-27(46)11-12-29(26)47)37(63)57-43(13-14-43)40(66)54-15-6-5-10-32(35(61)55-30)58(3)39(65)31(17-25-8-7-9-25)56-36(62)34-20-28(48)21-60(34)41(67)42(45(51,52)53)22-44(49,50)23-42/h11-12,18,24-25,28,30-34H,5-10,13-17,19-23H2,1-4H3,(H,54,66)(H,55,61)(H,56,62)(H,57,63)/t28-,30+,31+,32+,33+,34+/m0/s1. The molecule has 2 heterocycles. The van der Waals surface area contributed by atoms with E-state index in [9.17, 15) is 59.9 Å². The number of nitrogens with one attached hydrogen (secondary N) is 4. The molecule has 7 amide bonds. The lowest BCUT2D eigenvalue weighted by Gasteiger charge is -2.48. The molecule has 0 bridgehead atoms. The Labute approximate surface area is 395 Å². The zero-order chi connectivity index (χ0) is 49.4. The highest BCUT2D eigenvalue weighted by Crippen LogP contribution is 2.61. The van der Waals surface area contributed by atoms with Crippen molar-refractivity contribution in [1.29, 1.82) is 0 Å². The van der Waals surface area contributed by atoms with Crippen LogP contribution >= 0.6 is 23.2 Å². The van der Waals surface area contributed by atoms with Gasteiger partial charge in [-0.3, -0.25) is 33.6 Å². The van der Waals surface area contributed by atoms with E-state index in [1.165, 1.54) is 19.0 Å². The van der Waals surface area contributed by atoms with E-state index in [1.807, 2.05) is 13.8 Å². The van der Waals surface area contributed by atoms with Gasteiger partial charge in [0.1, 0.15) is 41.9 Å². The number of alkyl halides is 6. The highest BCUT2D eigenvalue weighted by atomic mass is 35.5. The Bertz CT molecular complexity index is 2080. The van der Waals surface area contributed by atoms with Gasteiger partial charge in [0, 0.05) is 56.4 Å². The molecule has 1 aromatic rings. The smallest absolute Gasteiger partial charge is 0.354 e. The molecule has 1 aromatic carbocycles. The summed E-state index contributed by atoms with van der Waals surface area (Å²) >= 11 is 12.8. The van der Waals surface area contributed by atoms with Gasteiger partial charge < -0.3 is 36.0 Å². The molecule has 3 saturated carbocycles. The zero-order valence-corrected chi connectivity index (χ0v) is 39.4. The molecule has 2 aliphatic heterocycles. The van der Waals surface area contributed by atoms with Crippen LogP contribution in [0.2, 0.25) is 10.0 Å². The Morgan fingerprint density at radius 1 is 0.970 bits per heavy atom. The van der Waals surface area contributed by atoms with Gasteiger partial charge in [0.15, 0.2) is 5.41 Å². The van der Waals surface area contributed by atoms with E-state index in [1.54, 1.807) is 18.2 Å². The van der Waals surface area contributed by atoms with Crippen LogP contribution in [0.1, 0.15) is 103 Å². The summed E-state index contributed by atoms with van der Waals surface area (Å²) in [7, 11) is 2.71. The maximum atomic E-state index is 15.0. The van der Waals surface area contributed by atoms with Gasteiger partial charge in [-0.15, -0.1) is 0 Å². The summed E-state index contributed by atoms with van der Waals surface area (Å²) < 4.78 is 85.6. The Hall–Kier alpha value is -4.33. The average molecular weight is 995 g/mol. The molecule has 22 heteroatoms. The second kappa shape index (κ2) is 20.3. The normalized spacial score (nSPS) is 27.3. The van der Waals surface area contributed by atoms with Gasteiger partial charge in [0.05, 0.1) is 6.54 Å². The number of rotatable bonds is 11. The summed E-state index contributed by atoms with van der Waals surface area (Å²) in [6.45, 7) is 2.83. The fourth-order valence-electron chi connectivity index (χ4n) is 9.65. The topological polar surface area (TPSA) is 177 Å². The van der Waals surface area contributed by atoms with Gasteiger partial charge in [-0.25, -0.2) is 13.2 Å². The lowest BCUT2D eigenvalue weighted by molar-refractivity contribution is -0.299. The predicted molar refractivity (Wildman–Crippen MR) is 233 cm³/mol. The average Bonchev–Trinajstić information content (AvgIpc) is 3.90. The number of carbonyl (C=O) groups is 7. The minimum Gasteiger partial charge on any atom is -0.354 e. The third-order valence-corrected chi connectivity index (χ3v) is 14.6. The van der Waals surface area contributed by atoms with Crippen molar-refractivity contribution in [2.45, 2.75) is 158 Å². The van der Waals surface area contributed by atoms with E-state index in [2.05, 4.69) is 21.3 Å². The van der Waals surface area contributed by atoms with E-state index in [0.29, 0.717) is 47.6 Å². The van der Waals surface area contributed by atoms with E-state index >= 15 is 0 Å². The predicted octanol–water partition coefficient (Wildman–Crippen LogP) is 5.26. The van der Waals surface area contributed by atoms with Crippen molar-refractivity contribution in [3.05, 3.63) is 33.8 Å². The van der Waals surface area contributed by atoms with Gasteiger partial charge in [0.25, 0.3) is 5.92 Å². The van der Waals surface area contributed by atoms with Crippen LogP contribution in [0.5, 0.6) is 0 Å². The number of carbonyl (C=O) groups excluding carboxylic acids is 7. The van der Waals surface area contributed by atoms with Crippen molar-refractivity contribution >= 4 is 64.6 Å². The van der Waals surface area contributed by atoms with Gasteiger partial charge in [-0.1, -0.05) is 56.3 Å². The molecule has 5 fully saturated rings. The van der Waals surface area contributed by atoms with Crippen LogP contribution in [0.15, 0.2) is 18.2 Å². The second-order valence-electron chi connectivity index (χ2n) is 19.6. The minimum absolute atomic E-state index is 0.00281. The van der Waals surface area contributed by atoms with E-state index in [4.69, 9.17) is 23.2 Å². The number of amides is 7. The molecule has 3 aliphatic carbocycles. The van der Waals surface area contributed by atoms with Crippen LogP contribution in [0.3, 0.4) is 0 Å². The molecule has 14 nitrogen and oxygen atoms in total. The van der Waals surface area contributed by atoms with Crippen LogP contribution in [0, 0.1) is 17.3 Å². The molecular formula is C45H59Cl2F6N7O7. The van der Waals surface area contributed by atoms with Crippen molar-refractivity contribution in [2.75, 3.05) is 27.2 Å². The zero-order valence-electron chi connectivity index (χ0n) is 37.9. The summed E-state index contributed by atoms with van der Waals surface area (Å²) in [5.41, 5.74) is -4.29. The first kappa shape index (κ1) is 52.0. The number of nitrogens with zero attached hydrogens (tertiary/aromatic N) is 3. The molecule has 0 radical (unpaired) electrons. The lowest BCUT2D eigenvalue weighted by Crippen LogP contribution is -2.65. The van der Waals surface area contributed by atoms with Crippen molar-refractivity contribution < 1.29 is 59.9 Å². The van der Waals surface area contributed by atoms with Crippen LogP contribution in [-0.4, -0.2) is 137 Å². The van der Waals surface area contributed by atoms with E-state index in [-0.39, 0.29) is 55.5 Å². The molecule has 6 rings (SSSR count). The molecule has 2 saturated heterocycles. The maximum Gasteiger partial charge on any atom is 0.403 e. The molecule has 0 unspecified atom stereocenters.